The number of aryl methyl sites for hydroxylation is 3. The van der Waals surface area contributed by atoms with Crippen LogP contribution < -0.4 is 28.6 Å². The summed E-state index contributed by atoms with van der Waals surface area (Å²) in [6.07, 6.45) is 4.20. The molecule has 0 spiro atoms. The predicted octanol–water partition coefficient (Wildman–Crippen LogP) is 9.05. The number of aromatic nitrogens is 1. The third-order valence-electron chi connectivity index (χ3n) is 10.8. The monoisotopic (exact) mass is 1020 g/mol. The summed E-state index contributed by atoms with van der Waals surface area (Å²) >= 11 is 4.06. The Labute approximate surface area is 408 Å². The van der Waals surface area contributed by atoms with Crippen molar-refractivity contribution in [2.24, 2.45) is 5.41 Å². The molecule has 69 heavy (non-hydrogen) atoms. The number of oxazole rings is 1. The molecule has 1 saturated carbocycles. The Morgan fingerprint density at radius 1 is 0.957 bits per heavy atom. The summed E-state index contributed by atoms with van der Waals surface area (Å²) < 4.78 is 85.3. The quantitative estimate of drug-likeness (QED) is 0.0501. The lowest BCUT2D eigenvalue weighted by Gasteiger charge is -2.31. The van der Waals surface area contributed by atoms with E-state index in [1.807, 2.05) is 32.9 Å². The molecule has 1 aliphatic rings. The molecule has 366 valence electrons. The summed E-state index contributed by atoms with van der Waals surface area (Å²) in [7, 11) is -7.64. The lowest BCUT2D eigenvalue weighted by atomic mass is 9.87. The summed E-state index contributed by atoms with van der Waals surface area (Å²) in [5.74, 6) is -1.79. The number of Topliss-reactive ketones (excluding diaryl/α,β-unsaturated/α-hetero) is 1. The molecular weight excluding hydrogens is 970 g/mol. The van der Waals surface area contributed by atoms with Gasteiger partial charge < -0.3 is 18.7 Å². The highest BCUT2D eigenvalue weighted by Gasteiger charge is 2.41. The Morgan fingerprint density at radius 2 is 1.62 bits per heavy atom. The second-order valence-corrected chi connectivity index (χ2v) is 22.3. The number of fused-ring (bicyclic) bond motifs is 1. The molecule has 1 fully saturated rings. The van der Waals surface area contributed by atoms with Crippen LogP contribution in [-0.4, -0.2) is 68.5 Å². The van der Waals surface area contributed by atoms with E-state index in [2.05, 4.69) is 30.5 Å². The second-order valence-electron chi connectivity index (χ2n) is 17.6. The number of hydrogen-bond donors (Lipinski definition) is 4. The van der Waals surface area contributed by atoms with Gasteiger partial charge in [0.05, 0.1) is 40.3 Å². The lowest BCUT2D eigenvalue weighted by molar-refractivity contribution is -0.142. The van der Waals surface area contributed by atoms with E-state index in [1.54, 1.807) is 45.0 Å². The molecule has 1 aromatic heterocycles. The lowest BCUT2D eigenvalue weighted by Crippen LogP contribution is -2.48. The van der Waals surface area contributed by atoms with Gasteiger partial charge >= 0.3 is 17.4 Å². The number of amides is 2. The van der Waals surface area contributed by atoms with Crippen LogP contribution in [0, 0.1) is 30.6 Å². The first-order chi connectivity index (χ1) is 32.3. The molecule has 0 saturated heterocycles. The van der Waals surface area contributed by atoms with Crippen molar-refractivity contribution in [2.45, 2.75) is 85.8 Å². The van der Waals surface area contributed by atoms with E-state index in [1.165, 1.54) is 35.2 Å². The average Bonchev–Trinajstić information content (AvgIpc) is 3.94. The Kier molecular flexibility index (Phi) is 15.8. The summed E-state index contributed by atoms with van der Waals surface area (Å²) in [5.41, 5.74) is 3.93. The van der Waals surface area contributed by atoms with Crippen LogP contribution in [0.15, 0.2) is 71.1 Å². The third kappa shape index (κ3) is 13.4. The maximum Gasteiger partial charge on any atom is 0.415 e. The SMILES string of the molecule is CCc1cc(C)cc2nc(/C(C#N)=C/c3ccc(N(C(=O)OC(C(=O)Nc4cc(NS(=O)Oc5ccc(NS(C)(=O)=O)cc5NS(C)(=O)=O)ccc4Cl)C(=O)C(C)(C)C)C4CCCC4)cc3C)oc12. The first kappa shape index (κ1) is 51.9. The molecule has 1 aliphatic carbocycles. The van der Waals surface area contributed by atoms with Crippen molar-refractivity contribution >= 4 is 112 Å². The van der Waals surface area contributed by atoms with Crippen LogP contribution in [0.3, 0.4) is 0 Å². The molecule has 18 nitrogen and oxygen atoms in total. The van der Waals surface area contributed by atoms with Crippen molar-refractivity contribution in [3.63, 3.8) is 0 Å². The number of allylic oxidation sites excluding steroid dienone is 1. The molecule has 2 atom stereocenters. The highest BCUT2D eigenvalue weighted by Crippen LogP contribution is 2.35. The van der Waals surface area contributed by atoms with Crippen LogP contribution in [-0.2, 0) is 52.1 Å². The number of rotatable bonds is 17. The summed E-state index contributed by atoms with van der Waals surface area (Å²) in [6, 6.07) is 18.7. The van der Waals surface area contributed by atoms with Gasteiger partial charge in [-0.2, -0.15) is 9.47 Å². The molecule has 4 aromatic carbocycles. The zero-order valence-electron chi connectivity index (χ0n) is 39.1. The molecule has 0 aliphatic heterocycles. The summed E-state index contributed by atoms with van der Waals surface area (Å²) in [4.78, 5) is 48.6. The number of anilines is 5. The normalized spacial score (nSPS) is 14.3. The maximum atomic E-state index is 14.4. The fraction of sp³-hybridized carbons (Fsp3) is 0.340. The molecule has 6 rings (SSSR count). The second kappa shape index (κ2) is 21.0. The number of ketones is 1. The van der Waals surface area contributed by atoms with Crippen LogP contribution in [0.4, 0.5) is 33.2 Å². The zero-order valence-corrected chi connectivity index (χ0v) is 42.3. The van der Waals surface area contributed by atoms with Crippen molar-refractivity contribution in [3.05, 3.63) is 99.9 Å². The summed E-state index contributed by atoms with van der Waals surface area (Å²) in [6.45, 7) is 10.5. The number of ether oxygens (including phenoxy) is 1. The topological polar surface area (TPSA) is 256 Å². The van der Waals surface area contributed by atoms with Crippen LogP contribution >= 0.6 is 11.6 Å². The molecule has 0 radical (unpaired) electrons. The van der Waals surface area contributed by atoms with Gasteiger partial charge in [0.1, 0.15) is 17.2 Å². The van der Waals surface area contributed by atoms with Gasteiger partial charge in [0.25, 0.3) is 5.91 Å². The molecule has 4 N–H and O–H groups in total. The highest BCUT2D eigenvalue weighted by molar-refractivity contribution is 7.92. The van der Waals surface area contributed by atoms with Gasteiger partial charge in [0.2, 0.25) is 32.0 Å². The number of halogens is 1. The number of nitriles is 1. The number of sulfonamides is 2. The van der Waals surface area contributed by atoms with Crippen LogP contribution in [0.5, 0.6) is 5.75 Å². The number of carbonyl (C=O) groups excluding carboxylic acids is 3. The average molecular weight is 1020 g/mol. The van der Waals surface area contributed by atoms with Crippen molar-refractivity contribution < 1.29 is 48.8 Å². The van der Waals surface area contributed by atoms with Gasteiger partial charge in [-0.1, -0.05) is 64.3 Å². The molecule has 2 amide bonds. The Hall–Kier alpha value is -6.47. The van der Waals surface area contributed by atoms with Crippen molar-refractivity contribution in [3.8, 4) is 11.8 Å². The van der Waals surface area contributed by atoms with Crippen LogP contribution in [0.1, 0.15) is 81.5 Å². The molecule has 2 unspecified atom stereocenters. The number of carbonyl (C=O) groups is 3. The Balaban J connectivity index is 1.23. The molecule has 5 aromatic rings. The van der Waals surface area contributed by atoms with E-state index >= 15 is 0 Å². The van der Waals surface area contributed by atoms with Gasteiger partial charge in [-0.15, -0.1) is 0 Å². The van der Waals surface area contributed by atoms with E-state index in [9.17, 15) is 40.7 Å². The molecular formula is C47H52ClN7O11S3. The van der Waals surface area contributed by atoms with E-state index < -0.39 is 60.6 Å². The van der Waals surface area contributed by atoms with Crippen molar-refractivity contribution in [2.75, 3.05) is 36.9 Å². The minimum atomic E-state index is -3.91. The fourth-order valence-corrected chi connectivity index (χ4v) is 9.50. The number of benzene rings is 4. The maximum absolute atomic E-state index is 14.4. The van der Waals surface area contributed by atoms with Crippen LogP contribution in [0.2, 0.25) is 5.02 Å². The van der Waals surface area contributed by atoms with Gasteiger partial charge in [-0.3, -0.25) is 28.7 Å². The van der Waals surface area contributed by atoms with E-state index in [-0.39, 0.29) is 51.0 Å². The van der Waals surface area contributed by atoms with Gasteiger partial charge in [-0.25, -0.2) is 26.6 Å². The fourth-order valence-electron chi connectivity index (χ4n) is 7.55. The van der Waals surface area contributed by atoms with Gasteiger partial charge in [0.15, 0.2) is 17.1 Å². The minimum absolute atomic E-state index is 0.00356. The number of nitrogens with one attached hydrogen (secondary N) is 4. The summed E-state index contributed by atoms with van der Waals surface area (Å²) in [5, 5.41) is 12.8. The Morgan fingerprint density at radius 3 is 2.25 bits per heavy atom. The minimum Gasteiger partial charge on any atom is -0.435 e. The standard InChI is InChI=1S/C47H52ClN7O11S3/c1-9-29-20-27(2)21-39-41(29)64-45(51-39)31(26-49)23-30-14-17-35(22-28(30)3)55(34-12-10-11-13-34)46(58)65-42(43(56)47(4,5)6)44(57)50-37-24-32(15-18-36(37)48)52-67(59)66-40-19-16-33(53-68(7,60)61)25-38(40)54-69(8,62)63/h14-25,34,42,52-54H,9-13H2,1-8H3,(H,50,57)/b31-23+. The number of nitrogens with zero attached hydrogens (tertiary/aromatic N) is 3. The molecule has 22 heteroatoms. The van der Waals surface area contributed by atoms with Crippen LogP contribution in [0.25, 0.3) is 22.7 Å². The van der Waals surface area contributed by atoms with E-state index in [0.29, 0.717) is 40.8 Å². The zero-order chi connectivity index (χ0) is 50.6. The van der Waals surface area contributed by atoms with Crippen molar-refractivity contribution in [1.82, 2.24) is 4.98 Å². The molecule has 0 bridgehead atoms. The predicted molar refractivity (Wildman–Crippen MR) is 268 cm³/mol. The molecule has 1 heterocycles. The third-order valence-corrected chi connectivity index (χ3v) is 13.0. The van der Waals surface area contributed by atoms with Gasteiger partial charge in [-0.05, 0) is 116 Å². The first-order valence-corrected chi connectivity index (χ1v) is 26.8. The van der Waals surface area contributed by atoms with Gasteiger partial charge in [0, 0.05) is 17.1 Å². The van der Waals surface area contributed by atoms with Crippen molar-refractivity contribution in [1.29, 1.82) is 5.26 Å². The van der Waals surface area contributed by atoms with E-state index in [4.69, 9.17) is 24.9 Å². The van der Waals surface area contributed by atoms with E-state index in [0.717, 1.165) is 49.0 Å². The Bertz CT molecular complexity index is 3160. The number of hydrogen-bond acceptors (Lipinski definition) is 13. The highest BCUT2D eigenvalue weighted by atomic mass is 35.5. The first-order valence-electron chi connectivity index (χ1n) is 21.6. The largest absolute Gasteiger partial charge is 0.435 e. The smallest absolute Gasteiger partial charge is 0.415 e.